The van der Waals surface area contributed by atoms with Crippen molar-refractivity contribution in [1.82, 2.24) is 9.38 Å². The van der Waals surface area contributed by atoms with Crippen LogP contribution in [0.1, 0.15) is 0 Å². The summed E-state index contributed by atoms with van der Waals surface area (Å²) in [6, 6.07) is 75.2. The van der Waals surface area contributed by atoms with Crippen LogP contribution in [-0.4, -0.2) is 9.38 Å². The van der Waals surface area contributed by atoms with Gasteiger partial charge in [-0.3, -0.25) is 4.40 Å². The second-order valence-electron chi connectivity index (χ2n) is 16.3. The first-order valence-corrected chi connectivity index (χ1v) is 22.5. The van der Waals surface area contributed by atoms with Crippen molar-refractivity contribution < 1.29 is 4.57 Å². The van der Waals surface area contributed by atoms with Crippen LogP contribution >= 0.6 is 7.14 Å². The molecule has 0 aliphatic carbocycles. The molecule has 2 aromatic heterocycles. The molecule has 0 aliphatic rings. The molecule has 0 atom stereocenters. The summed E-state index contributed by atoms with van der Waals surface area (Å²) < 4.78 is 18.3. The SMILES string of the molecule is O=P(c1ccc2ccccc2c1)(c1ccc2ccccc2c1)c1ccc2cc(-c3ccc4cc5c6ccc7ccccc7c6c6nc7ccccc7n6c5cc4c3)ccc2c1. The van der Waals surface area contributed by atoms with Crippen LogP contribution in [0.15, 0.2) is 212 Å². The van der Waals surface area contributed by atoms with Gasteiger partial charge in [0.25, 0.3) is 0 Å². The van der Waals surface area contributed by atoms with E-state index in [9.17, 15) is 0 Å². The van der Waals surface area contributed by atoms with Crippen molar-refractivity contribution in [3.05, 3.63) is 212 Å². The fourth-order valence-corrected chi connectivity index (χ4v) is 12.6. The summed E-state index contributed by atoms with van der Waals surface area (Å²) in [5.41, 5.74) is 6.50. The maximum absolute atomic E-state index is 15.9. The highest BCUT2D eigenvalue weighted by Crippen LogP contribution is 2.45. The van der Waals surface area contributed by atoms with Crippen molar-refractivity contribution >= 4 is 115 Å². The van der Waals surface area contributed by atoms with Crippen LogP contribution in [0.2, 0.25) is 0 Å². The number of rotatable bonds is 4. The predicted octanol–water partition coefficient (Wildman–Crippen LogP) is 13.9. The standard InChI is InChI=1S/C57H35N2OP/c60-61(47-25-21-36-9-1-3-12-39(36)31-47,48-26-22-37-10-2-4-13-40(37)32-48)49-27-23-43-29-41(17-19-44(43)33-49)42-18-20-45-34-52-51-28-24-38-11-5-6-14-50(38)56(51)57-58-53-15-7-8-16-54(53)59(57)55(52)35-46(45)30-42/h1-35H. The maximum atomic E-state index is 15.9. The zero-order valence-corrected chi connectivity index (χ0v) is 33.9. The van der Waals surface area contributed by atoms with Gasteiger partial charge >= 0.3 is 0 Å². The van der Waals surface area contributed by atoms with E-state index in [1.165, 1.54) is 37.7 Å². The smallest absolute Gasteiger partial charge is 0.171 e. The number of hydrogen-bond acceptors (Lipinski definition) is 2. The van der Waals surface area contributed by atoms with Gasteiger partial charge < -0.3 is 4.57 Å². The third kappa shape index (κ3) is 5.18. The molecule has 0 bridgehead atoms. The molecule has 0 saturated carbocycles. The molecule has 0 fully saturated rings. The maximum Gasteiger partial charge on any atom is 0.171 e. The number of fused-ring (bicyclic) bond motifs is 14. The molecule has 11 aromatic carbocycles. The number of benzene rings is 11. The van der Waals surface area contributed by atoms with Gasteiger partial charge in [0.1, 0.15) is 5.65 Å². The van der Waals surface area contributed by atoms with E-state index in [-0.39, 0.29) is 0 Å². The van der Waals surface area contributed by atoms with E-state index in [4.69, 9.17) is 4.98 Å². The largest absolute Gasteiger partial charge is 0.309 e. The number of para-hydroxylation sites is 2. The topological polar surface area (TPSA) is 34.4 Å². The monoisotopic (exact) mass is 794 g/mol. The van der Waals surface area contributed by atoms with E-state index in [2.05, 4.69) is 192 Å². The van der Waals surface area contributed by atoms with Gasteiger partial charge in [0.2, 0.25) is 0 Å². The number of hydrogen-bond donors (Lipinski definition) is 0. The molecule has 284 valence electrons. The van der Waals surface area contributed by atoms with Gasteiger partial charge in [0.05, 0.1) is 16.6 Å². The Bertz CT molecular complexity index is 3970. The second kappa shape index (κ2) is 13.0. The molecule has 13 rings (SSSR count). The molecular formula is C57H35N2OP. The summed E-state index contributed by atoms with van der Waals surface area (Å²) in [4.78, 5) is 5.24. The molecule has 0 radical (unpaired) electrons. The molecule has 0 unspecified atom stereocenters. The van der Waals surface area contributed by atoms with Crippen molar-refractivity contribution in [2.24, 2.45) is 0 Å². The molecule has 3 nitrogen and oxygen atoms in total. The Kier molecular flexibility index (Phi) is 7.29. The lowest BCUT2D eigenvalue weighted by Crippen LogP contribution is -2.25. The highest BCUT2D eigenvalue weighted by Gasteiger charge is 2.31. The number of aromatic nitrogens is 2. The molecular weight excluding hydrogens is 760 g/mol. The summed E-state index contributed by atoms with van der Waals surface area (Å²) in [7, 11) is -3.27. The lowest BCUT2D eigenvalue weighted by molar-refractivity contribution is 0.592. The van der Waals surface area contributed by atoms with E-state index in [0.717, 1.165) is 81.6 Å². The van der Waals surface area contributed by atoms with Gasteiger partial charge in [-0.1, -0.05) is 158 Å². The van der Waals surface area contributed by atoms with Gasteiger partial charge in [-0.2, -0.15) is 0 Å². The van der Waals surface area contributed by atoms with Gasteiger partial charge in [0, 0.05) is 26.7 Å². The highest BCUT2D eigenvalue weighted by molar-refractivity contribution is 7.85. The van der Waals surface area contributed by atoms with Gasteiger partial charge in [0.15, 0.2) is 7.14 Å². The summed E-state index contributed by atoms with van der Waals surface area (Å²) in [6.45, 7) is 0. The molecule has 2 heterocycles. The zero-order chi connectivity index (χ0) is 40.2. The first kappa shape index (κ1) is 34.3. The van der Waals surface area contributed by atoms with Crippen LogP contribution in [0.5, 0.6) is 0 Å². The Morgan fingerprint density at radius 3 is 1.52 bits per heavy atom. The lowest BCUT2D eigenvalue weighted by Gasteiger charge is -2.22. The van der Waals surface area contributed by atoms with Crippen LogP contribution in [0.25, 0.3) is 103 Å². The van der Waals surface area contributed by atoms with E-state index in [1.54, 1.807) is 0 Å². The molecule has 0 N–H and O–H groups in total. The highest BCUT2D eigenvalue weighted by atomic mass is 31.2. The van der Waals surface area contributed by atoms with Crippen molar-refractivity contribution in [3.63, 3.8) is 0 Å². The third-order valence-electron chi connectivity index (χ3n) is 12.9. The van der Waals surface area contributed by atoms with Gasteiger partial charge in [-0.25, -0.2) is 4.98 Å². The van der Waals surface area contributed by atoms with Crippen LogP contribution in [-0.2, 0) is 4.57 Å². The molecule has 0 amide bonds. The summed E-state index contributed by atoms with van der Waals surface area (Å²) >= 11 is 0. The predicted molar refractivity (Wildman–Crippen MR) is 260 cm³/mol. The Morgan fingerprint density at radius 2 is 0.836 bits per heavy atom. The van der Waals surface area contributed by atoms with Crippen LogP contribution in [0.4, 0.5) is 0 Å². The quantitative estimate of drug-likeness (QED) is 0.101. The van der Waals surface area contributed by atoms with Crippen molar-refractivity contribution in [3.8, 4) is 11.1 Å². The summed E-state index contributed by atoms with van der Waals surface area (Å²) in [6.07, 6.45) is 0. The Labute approximate surface area is 351 Å². The first-order valence-electron chi connectivity index (χ1n) is 20.8. The normalized spacial score (nSPS) is 12.3. The minimum absolute atomic E-state index is 0.828. The molecule has 4 heteroatoms. The van der Waals surface area contributed by atoms with E-state index >= 15 is 4.57 Å². The minimum Gasteiger partial charge on any atom is -0.309 e. The number of pyridine rings is 1. The van der Waals surface area contributed by atoms with Crippen molar-refractivity contribution in [1.29, 1.82) is 0 Å². The molecule has 0 aliphatic heterocycles. The fraction of sp³-hybridized carbons (Fsp3) is 0. The lowest BCUT2D eigenvalue weighted by atomic mass is 9.95. The average Bonchev–Trinajstić information content (AvgIpc) is 3.72. The van der Waals surface area contributed by atoms with Crippen molar-refractivity contribution in [2.45, 2.75) is 0 Å². The van der Waals surface area contributed by atoms with Gasteiger partial charge in [-0.15, -0.1) is 0 Å². The van der Waals surface area contributed by atoms with Crippen LogP contribution in [0.3, 0.4) is 0 Å². The molecule has 0 saturated heterocycles. The molecule has 0 spiro atoms. The van der Waals surface area contributed by atoms with Crippen LogP contribution < -0.4 is 15.9 Å². The first-order chi connectivity index (χ1) is 30.1. The minimum atomic E-state index is -3.27. The molecule has 61 heavy (non-hydrogen) atoms. The van der Waals surface area contributed by atoms with Crippen LogP contribution in [0, 0.1) is 0 Å². The Balaban J connectivity index is 0.957. The zero-order valence-electron chi connectivity index (χ0n) is 33.0. The third-order valence-corrected chi connectivity index (χ3v) is 15.9. The van der Waals surface area contributed by atoms with E-state index in [1.807, 2.05) is 24.3 Å². The molecule has 13 aromatic rings. The average molecular weight is 795 g/mol. The Morgan fingerprint density at radius 1 is 0.344 bits per heavy atom. The summed E-state index contributed by atoms with van der Waals surface area (Å²) in [5, 5.41) is 17.5. The van der Waals surface area contributed by atoms with E-state index < -0.39 is 7.14 Å². The fourth-order valence-electron chi connectivity index (χ4n) is 9.84. The second-order valence-corrected chi connectivity index (χ2v) is 19.1. The Hall–Kier alpha value is -7.58. The van der Waals surface area contributed by atoms with Crippen molar-refractivity contribution in [2.75, 3.05) is 0 Å². The van der Waals surface area contributed by atoms with E-state index in [0.29, 0.717) is 0 Å². The number of nitrogens with zero attached hydrogens (tertiary/aromatic N) is 2. The summed E-state index contributed by atoms with van der Waals surface area (Å²) in [5.74, 6) is 0. The number of imidazole rings is 1. The van der Waals surface area contributed by atoms with Gasteiger partial charge in [-0.05, 0) is 125 Å².